The molecule has 0 saturated carbocycles. The summed E-state index contributed by atoms with van der Waals surface area (Å²) in [5.41, 5.74) is 0.670. The average molecular weight is 364 g/mol. The largest absolute Gasteiger partial charge is 0.392 e. The molecule has 114 valence electrons. The number of hydrogen-bond donors (Lipinski definition) is 2. The molecule has 0 aromatic heterocycles. The molecule has 6 heteroatoms. The third kappa shape index (κ3) is 5.16. The van der Waals surface area contributed by atoms with Gasteiger partial charge in [-0.2, -0.15) is 0 Å². The molecule has 0 amide bonds. The van der Waals surface area contributed by atoms with E-state index < -0.39 is 10.0 Å². The Kier molecular flexibility index (Phi) is 6.64. The van der Waals surface area contributed by atoms with E-state index in [1.165, 1.54) is 6.07 Å². The Hall–Kier alpha value is -0.430. The maximum absolute atomic E-state index is 12.3. The molecule has 0 aliphatic rings. The second kappa shape index (κ2) is 7.54. The summed E-state index contributed by atoms with van der Waals surface area (Å²) in [6, 6.07) is 4.63. The maximum atomic E-state index is 12.3. The van der Waals surface area contributed by atoms with Crippen LogP contribution in [0.25, 0.3) is 0 Å². The van der Waals surface area contributed by atoms with E-state index in [1.54, 1.807) is 12.1 Å². The predicted molar refractivity (Wildman–Crippen MR) is 83.9 cm³/mol. The molecular formula is C14H22BrNO3S. The fourth-order valence-electron chi connectivity index (χ4n) is 1.83. The van der Waals surface area contributed by atoms with Gasteiger partial charge in [-0.3, -0.25) is 0 Å². The van der Waals surface area contributed by atoms with Gasteiger partial charge >= 0.3 is 0 Å². The molecule has 1 rings (SSSR count). The van der Waals surface area contributed by atoms with Gasteiger partial charge in [0.05, 0.1) is 11.5 Å². The minimum atomic E-state index is -3.54. The molecule has 0 fully saturated rings. The number of sulfonamides is 1. The smallest absolute Gasteiger partial charge is 0.241 e. The molecule has 1 unspecified atom stereocenters. The summed E-state index contributed by atoms with van der Waals surface area (Å²) in [4.78, 5) is 0.200. The second-order valence-electron chi connectivity index (χ2n) is 5.42. The Bertz CT molecular complexity index is 543. The summed E-state index contributed by atoms with van der Waals surface area (Å²) in [6.45, 7) is 5.99. The third-order valence-electron chi connectivity index (χ3n) is 3.00. The van der Waals surface area contributed by atoms with Crippen LogP contribution in [-0.4, -0.2) is 19.6 Å². The molecule has 1 aromatic carbocycles. The van der Waals surface area contributed by atoms with Crippen LogP contribution in [0.5, 0.6) is 0 Å². The topological polar surface area (TPSA) is 66.4 Å². The van der Waals surface area contributed by atoms with Crippen LogP contribution in [0.1, 0.15) is 39.2 Å². The first-order chi connectivity index (χ1) is 9.26. The number of halogens is 1. The minimum absolute atomic E-state index is 0.105. The summed E-state index contributed by atoms with van der Waals surface area (Å²) in [6.07, 6.45) is 1.79. The van der Waals surface area contributed by atoms with Crippen molar-refractivity contribution < 1.29 is 13.5 Å². The zero-order chi connectivity index (χ0) is 15.3. The van der Waals surface area contributed by atoms with Gasteiger partial charge in [0, 0.05) is 10.5 Å². The lowest BCUT2D eigenvalue weighted by Crippen LogP contribution is -2.33. The van der Waals surface area contributed by atoms with Crippen LogP contribution >= 0.6 is 15.9 Å². The molecule has 2 N–H and O–H groups in total. The van der Waals surface area contributed by atoms with Crippen LogP contribution in [0.4, 0.5) is 0 Å². The number of nitrogens with one attached hydrogen (secondary N) is 1. The van der Waals surface area contributed by atoms with Crippen LogP contribution in [0, 0.1) is 5.92 Å². The van der Waals surface area contributed by atoms with Gasteiger partial charge in [0.15, 0.2) is 0 Å². The standard InChI is InChI=1S/C14H22BrNO3S/c1-10(2)4-5-11(3)16-20(18,19)14-7-6-12(9-17)8-13(14)15/h6-8,10-11,16-17H,4-5,9H2,1-3H3. The number of hydrogen-bond acceptors (Lipinski definition) is 3. The highest BCUT2D eigenvalue weighted by Gasteiger charge is 2.20. The summed E-state index contributed by atoms with van der Waals surface area (Å²) in [5, 5.41) is 9.04. The monoisotopic (exact) mass is 363 g/mol. The first-order valence-electron chi connectivity index (χ1n) is 6.68. The van der Waals surface area contributed by atoms with Gasteiger partial charge in [0.2, 0.25) is 10.0 Å². The molecule has 0 aliphatic carbocycles. The third-order valence-corrected chi connectivity index (χ3v) is 5.57. The molecule has 1 aromatic rings. The fourth-order valence-corrected chi connectivity index (χ4v) is 4.23. The van der Waals surface area contributed by atoms with Gasteiger partial charge in [-0.25, -0.2) is 13.1 Å². The minimum Gasteiger partial charge on any atom is -0.392 e. The molecule has 20 heavy (non-hydrogen) atoms. The van der Waals surface area contributed by atoms with Crippen LogP contribution < -0.4 is 4.72 Å². The zero-order valence-electron chi connectivity index (χ0n) is 12.1. The highest BCUT2D eigenvalue weighted by molar-refractivity contribution is 9.10. The SMILES string of the molecule is CC(C)CCC(C)NS(=O)(=O)c1ccc(CO)cc1Br. The van der Waals surface area contributed by atoms with Gasteiger partial charge in [0.1, 0.15) is 0 Å². The Labute approximate surface area is 129 Å². The van der Waals surface area contributed by atoms with Crippen molar-refractivity contribution in [2.45, 2.75) is 51.2 Å². The first kappa shape index (κ1) is 17.6. The normalized spacial score (nSPS) is 13.7. The Morgan fingerprint density at radius 2 is 1.90 bits per heavy atom. The predicted octanol–water partition coefficient (Wildman–Crippen LogP) is 3.04. The van der Waals surface area contributed by atoms with Crippen LogP contribution in [0.2, 0.25) is 0 Å². The van der Waals surface area contributed by atoms with Crippen molar-refractivity contribution >= 4 is 26.0 Å². The van der Waals surface area contributed by atoms with Gasteiger partial charge in [-0.15, -0.1) is 0 Å². The van der Waals surface area contributed by atoms with Gasteiger partial charge in [-0.1, -0.05) is 19.9 Å². The molecule has 0 saturated heterocycles. The van der Waals surface area contributed by atoms with Crippen molar-refractivity contribution in [2.75, 3.05) is 0 Å². The van der Waals surface area contributed by atoms with E-state index >= 15 is 0 Å². The Balaban J connectivity index is 2.83. The highest BCUT2D eigenvalue weighted by atomic mass is 79.9. The van der Waals surface area contributed by atoms with Crippen molar-refractivity contribution in [1.29, 1.82) is 0 Å². The second-order valence-corrected chi connectivity index (χ2v) is 7.95. The van der Waals surface area contributed by atoms with E-state index in [1.807, 2.05) is 6.92 Å². The van der Waals surface area contributed by atoms with Gasteiger partial charge in [-0.05, 0) is 59.3 Å². The highest BCUT2D eigenvalue weighted by Crippen LogP contribution is 2.24. The quantitative estimate of drug-likeness (QED) is 0.782. The molecule has 0 heterocycles. The molecule has 4 nitrogen and oxygen atoms in total. The Morgan fingerprint density at radius 3 is 2.40 bits per heavy atom. The van der Waals surface area contributed by atoms with E-state index in [0.717, 1.165) is 12.8 Å². The maximum Gasteiger partial charge on any atom is 0.241 e. The average Bonchev–Trinajstić information content (AvgIpc) is 2.35. The lowest BCUT2D eigenvalue weighted by molar-refractivity contribution is 0.281. The van der Waals surface area contributed by atoms with Crippen LogP contribution in [-0.2, 0) is 16.6 Å². The molecule has 0 spiro atoms. The molecule has 1 atom stereocenters. The van der Waals surface area contributed by atoms with Crippen molar-refractivity contribution in [2.24, 2.45) is 5.92 Å². The van der Waals surface area contributed by atoms with E-state index in [2.05, 4.69) is 34.5 Å². The summed E-state index contributed by atoms with van der Waals surface area (Å²) >= 11 is 3.25. The van der Waals surface area contributed by atoms with Crippen molar-refractivity contribution in [3.8, 4) is 0 Å². The number of aliphatic hydroxyl groups is 1. The number of rotatable bonds is 7. The van der Waals surface area contributed by atoms with Gasteiger partial charge < -0.3 is 5.11 Å². The lowest BCUT2D eigenvalue weighted by Gasteiger charge is -2.16. The first-order valence-corrected chi connectivity index (χ1v) is 8.95. The lowest BCUT2D eigenvalue weighted by atomic mass is 10.1. The van der Waals surface area contributed by atoms with Crippen molar-refractivity contribution in [1.82, 2.24) is 4.72 Å². The molecule has 0 aliphatic heterocycles. The summed E-state index contributed by atoms with van der Waals surface area (Å²) in [7, 11) is -3.54. The molecule has 0 bridgehead atoms. The summed E-state index contributed by atoms with van der Waals surface area (Å²) < 4.78 is 27.8. The van der Waals surface area contributed by atoms with Gasteiger partial charge in [0.25, 0.3) is 0 Å². The van der Waals surface area contributed by atoms with E-state index in [9.17, 15) is 8.42 Å². The number of aliphatic hydroxyl groups excluding tert-OH is 1. The van der Waals surface area contributed by atoms with Crippen LogP contribution in [0.3, 0.4) is 0 Å². The van der Waals surface area contributed by atoms with Crippen molar-refractivity contribution in [3.05, 3.63) is 28.2 Å². The van der Waals surface area contributed by atoms with E-state index in [0.29, 0.717) is 16.0 Å². The molecule has 0 radical (unpaired) electrons. The number of benzene rings is 1. The van der Waals surface area contributed by atoms with Crippen LogP contribution in [0.15, 0.2) is 27.6 Å². The zero-order valence-corrected chi connectivity index (χ0v) is 14.5. The Morgan fingerprint density at radius 1 is 1.25 bits per heavy atom. The van der Waals surface area contributed by atoms with E-state index in [4.69, 9.17) is 5.11 Å². The molecular weight excluding hydrogens is 342 g/mol. The summed E-state index contributed by atoms with van der Waals surface area (Å²) in [5.74, 6) is 0.553. The van der Waals surface area contributed by atoms with Crippen molar-refractivity contribution in [3.63, 3.8) is 0 Å². The fraction of sp³-hybridized carbons (Fsp3) is 0.571. The van der Waals surface area contributed by atoms with E-state index in [-0.39, 0.29) is 17.5 Å².